The minimum absolute atomic E-state index is 0.101. The van der Waals surface area contributed by atoms with Crippen molar-refractivity contribution in [2.45, 2.75) is 59.1 Å². The lowest BCUT2D eigenvalue weighted by Crippen LogP contribution is -2.47. The van der Waals surface area contributed by atoms with Crippen LogP contribution in [0.1, 0.15) is 57.3 Å². The van der Waals surface area contributed by atoms with E-state index in [1.165, 1.54) is 20.5 Å². The molecular formula is C22H31NO6. The van der Waals surface area contributed by atoms with E-state index in [4.69, 9.17) is 14.2 Å². The maximum atomic E-state index is 12.4. The molecule has 0 heterocycles. The molecule has 29 heavy (non-hydrogen) atoms. The van der Waals surface area contributed by atoms with Gasteiger partial charge in [-0.2, -0.15) is 0 Å². The van der Waals surface area contributed by atoms with Crippen molar-refractivity contribution < 1.29 is 28.6 Å². The first kappa shape index (κ1) is 22.7. The van der Waals surface area contributed by atoms with Crippen molar-refractivity contribution in [3.63, 3.8) is 0 Å². The van der Waals surface area contributed by atoms with Crippen molar-refractivity contribution >= 4 is 17.7 Å². The molecule has 1 fully saturated rings. The van der Waals surface area contributed by atoms with Crippen molar-refractivity contribution in [3.05, 3.63) is 23.8 Å². The summed E-state index contributed by atoms with van der Waals surface area (Å²) >= 11 is 0. The Labute approximate surface area is 172 Å². The number of benzene rings is 1. The van der Waals surface area contributed by atoms with Crippen LogP contribution in [0.3, 0.4) is 0 Å². The van der Waals surface area contributed by atoms with Crippen molar-refractivity contribution in [3.8, 4) is 11.5 Å². The number of carbonyl (C=O) groups is 3. The Morgan fingerprint density at radius 3 is 2.55 bits per heavy atom. The van der Waals surface area contributed by atoms with Gasteiger partial charge in [0, 0.05) is 11.6 Å². The third kappa shape index (κ3) is 6.21. The van der Waals surface area contributed by atoms with E-state index in [1.807, 2.05) is 0 Å². The molecule has 0 spiro atoms. The van der Waals surface area contributed by atoms with E-state index in [0.717, 1.165) is 12.8 Å². The van der Waals surface area contributed by atoms with Gasteiger partial charge in [-0.15, -0.1) is 0 Å². The molecule has 1 aliphatic rings. The number of ether oxygens (including phenoxy) is 3. The monoisotopic (exact) mass is 405 g/mol. The van der Waals surface area contributed by atoms with Crippen molar-refractivity contribution in [1.82, 2.24) is 5.32 Å². The first-order chi connectivity index (χ1) is 13.7. The van der Waals surface area contributed by atoms with Crippen molar-refractivity contribution in [1.29, 1.82) is 0 Å². The highest BCUT2D eigenvalue weighted by atomic mass is 16.6. The van der Waals surface area contributed by atoms with E-state index in [-0.39, 0.29) is 24.3 Å². The summed E-state index contributed by atoms with van der Waals surface area (Å²) in [6.45, 7) is 6.97. The molecule has 1 saturated carbocycles. The Hall–Kier alpha value is -2.57. The minimum Gasteiger partial charge on any atom is -0.493 e. The lowest BCUT2D eigenvalue weighted by molar-refractivity contribution is -0.157. The molecule has 0 aromatic heterocycles. The van der Waals surface area contributed by atoms with Crippen LogP contribution in [0.4, 0.5) is 0 Å². The highest BCUT2D eigenvalue weighted by Crippen LogP contribution is 2.30. The Balaban J connectivity index is 1.85. The van der Waals surface area contributed by atoms with Gasteiger partial charge in [-0.25, -0.2) is 4.79 Å². The summed E-state index contributed by atoms with van der Waals surface area (Å²) in [5, 5.41) is 3.00. The van der Waals surface area contributed by atoms with E-state index >= 15 is 0 Å². The number of methoxy groups -OCH3 is 1. The number of carbonyl (C=O) groups excluding carboxylic acids is 3. The zero-order valence-electron chi connectivity index (χ0n) is 17.8. The van der Waals surface area contributed by atoms with E-state index in [1.54, 1.807) is 25.1 Å². The quantitative estimate of drug-likeness (QED) is 0.528. The van der Waals surface area contributed by atoms with Gasteiger partial charge in [-0.1, -0.05) is 26.7 Å². The molecule has 7 heteroatoms. The summed E-state index contributed by atoms with van der Waals surface area (Å²) in [6, 6.07) is 4.80. The molecule has 0 radical (unpaired) electrons. The minimum atomic E-state index is -0.905. The first-order valence-electron chi connectivity index (χ1n) is 10.0. The third-order valence-electron chi connectivity index (χ3n) is 5.63. The zero-order chi connectivity index (χ0) is 21.6. The lowest BCUT2D eigenvalue weighted by Gasteiger charge is -2.35. The maximum Gasteiger partial charge on any atom is 0.344 e. The van der Waals surface area contributed by atoms with Crippen molar-refractivity contribution in [2.75, 3.05) is 13.7 Å². The maximum absolute atomic E-state index is 12.4. The van der Waals surface area contributed by atoms with Crippen molar-refractivity contribution in [2.24, 2.45) is 11.8 Å². The zero-order valence-corrected chi connectivity index (χ0v) is 17.8. The number of nitrogens with one attached hydrogen (secondary N) is 1. The predicted octanol–water partition coefficient (Wildman–Crippen LogP) is 3.15. The molecule has 0 saturated heterocycles. The fourth-order valence-electron chi connectivity index (χ4n) is 3.51. The molecule has 0 aliphatic heterocycles. The molecule has 0 bridgehead atoms. The van der Waals surface area contributed by atoms with Gasteiger partial charge in [0.25, 0.3) is 5.91 Å². The summed E-state index contributed by atoms with van der Waals surface area (Å²) in [6.07, 6.45) is 2.30. The first-order valence-corrected chi connectivity index (χ1v) is 10.0. The lowest BCUT2D eigenvalue weighted by atomic mass is 9.78. The van der Waals surface area contributed by atoms with Gasteiger partial charge >= 0.3 is 5.97 Å². The van der Waals surface area contributed by atoms with E-state index < -0.39 is 12.1 Å². The third-order valence-corrected chi connectivity index (χ3v) is 5.63. The van der Waals surface area contributed by atoms with Crippen LogP contribution >= 0.6 is 0 Å². The SMILES string of the molecule is COc1cc(C(C)=O)ccc1OCC(=O)O[C@H](C)C(=O)N[C@H]1CCC[C@H](C)[C@H]1C. The van der Waals surface area contributed by atoms with Crippen LogP contribution < -0.4 is 14.8 Å². The van der Waals surface area contributed by atoms with Crippen LogP contribution in [0.2, 0.25) is 0 Å². The van der Waals surface area contributed by atoms with Gasteiger partial charge < -0.3 is 19.5 Å². The summed E-state index contributed by atoms with van der Waals surface area (Å²) in [5.74, 6) is 0.557. The highest BCUT2D eigenvalue weighted by Gasteiger charge is 2.30. The van der Waals surface area contributed by atoms with Gasteiger partial charge in [-0.3, -0.25) is 9.59 Å². The van der Waals surface area contributed by atoms with Crippen LogP contribution in [-0.4, -0.2) is 43.5 Å². The standard InChI is InChI=1S/C22H31NO6/c1-13-7-6-8-18(14(13)2)23-22(26)16(4)29-21(25)12-28-19-10-9-17(15(3)24)11-20(19)27-5/h9-11,13-14,16,18H,6-8,12H2,1-5H3,(H,23,26)/t13-,14+,16+,18-/m0/s1. The number of rotatable bonds is 8. The summed E-state index contributed by atoms with van der Waals surface area (Å²) in [7, 11) is 1.45. The van der Waals surface area contributed by atoms with Gasteiger partial charge in [0.2, 0.25) is 0 Å². The molecule has 1 aromatic rings. The largest absolute Gasteiger partial charge is 0.493 e. The Kier molecular flexibility index (Phi) is 8.05. The number of hydrogen-bond acceptors (Lipinski definition) is 6. The smallest absolute Gasteiger partial charge is 0.344 e. The number of Topliss-reactive ketones (excluding diaryl/α,β-unsaturated/α-hetero) is 1. The van der Waals surface area contributed by atoms with Crippen LogP contribution in [0.5, 0.6) is 11.5 Å². The average molecular weight is 405 g/mol. The van der Waals surface area contributed by atoms with Crippen LogP contribution in [0.15, 0.2) is 18.2 Å². The average Bonchev–Trinajstić information content (AvgIpc) is 2.69. The summed E-state index contributed by atoms with van der Waals surface area (Å²) in [4.78, 5) is 35.9. The molecule has 1 amide bonds. The molecule has 4 atom stereocenters. The highest BCUT2D eigenvalue weighted by molar-refractivity contribution is 5.94. The number of ketones is 1. The molecular weight excluding hydrogens is 374 g/mol. The summed E-state index contributed by atoms with van der Waals surface area (Å²) < 4.78 is 15.8. The van der Waals surface area contributed by atoms with E-state index in [2.05, 4.69) is 19.2 Å². The van der Waals surface area contributed by atoms with E-state index in [9.17, 15) is 14.4 Å². The fourth-order valence-corrected chi connectivity index (χ4v) is 3.51. The second-order valence-electron chi connectivity index (χ2n) is 7.72. The number of esters is 1. The molecule has 1 aliphatic carbocycles. The fraction of sp³-hybridized carbons (Fsp3) is 0.591. The Morgan fingerprint density at radius 1 is 1.17 bits per heavy atom. The van der Waals surface area contributed by atoms with Gasteiger partial charge in [0.1, 0.15) is 0 Å². The van der Waals surface area contributed by atoms with Gasteiger partial charge in [0.15, 0.2) is 30.0 Å². The van der Waals surface area contributed by atoms with Crippen LogP contribution in [0.25, 0.3) is 0 Å². The second-order valence-corrected chi connectivity index (χ2v) is 7.72. The normalized spacial score (nSPS) is 22.3. The second kappa shape index (κ2) is 10.3. The Bertz CT molecular complexity index is 747. The molecule has 0 unspecified atom stereocenters. The molecule has 160 valence electrons. The van der Waals surface area contributed by atoms with Crippen LogP contribution in [0, 0.1) is 11.8 Å². The number of hydrogen-bond donors (Lipinski definition) is 1. The Morgan fingerprint density at radius 2 is 1.90 bits per heavy atom. The summed E-state index contributed by atoms with van der Waals surface area (Å²) in [5.41, 5.74) is 0.480. The number of amides is 1. The van der Waals surface area contributed by atoms with Crippen LogP contribution in [-0.2, 0) is 14.3 Å². The van der Waals surface area contributed by atoms with Gasteiger partial charge in [-0.05, 0) is 50.3 Å². The molecule has 1 aromatic carbocycles. The molecule has 2 rings (SSSR count). The predicted molar refractivity (Wildman–Crippen MR) is 108 cm³/mol. The van der Waals surface area contributed by atoms with E-state index in [0.29, 0.717) is 28.9 Å². The van der Waals surface area contributed by atoms with Gasteiger partial charge in [0.05, 0.1) is 7.11 Å². The molecule has 1 N–H and O–H groups in total. The molecule has 7 nitrogen and oxygen atoms in total. The topological polar surface area (TPSA) is 90.9 Å².